The number of unbranched alkanes of at least 4 members (excludes halogenated alkanes) is 1. The Labute approximate surface area is 162 Å². The summed E-state index contributed by atoms with van der Waals surface area (Å²) < 4.78 is 7.41. The molecule has 148 valence electrons. The molecule has 1 amide bonds. The standard InChI is InChI=1S/C21H32N4O2/c1-5-7-12-23(3)16-10-11-19-18(14-16)20(22-25(19)6-2)21(26)24(4)15-17-9-8-13-27-17/h8-9,13,16H,5-7,10-12,14-15H2,1-4H3. The van der Waals surface area contributed by atoms with Crippen LogP contribution in [0.2, 0.25) is 0 Å². The van der Waals surface area contributed by atoms with Crippen molar-refractivity contribution in [2.75, 3.05) is 20.6 Å². The summed E-state index contributed by atoms with van der Waals surface area (Å²) in [6, 6.07) is 4.22. The van der Waals surface area contributed by atoms with Gasteiger partial charge in [-0.3, -0.25) is 9.48 Å². The molecule has 1 unspecified atom stereocenters. The van der Waals surface area contributed by atoms with Crippen LogP contribution in [0.5, 0.6) is 0 Å². The van der Waals surface area contributed by atoms with E-state index in [1.807, 2.05) is 23.9 Å². The van der Waals surface area contributed by atoms with Crippen LogP contribution in [0.15, 0.2) is 22.8 Å². The maximum atomic E-state index is 13.1. The minimum atomic E-state index is -0.0216. The Balaban J connectivity index is 1.80. The molecule has 0 N–H and O–H groups in total. The van der Waals surface area contributed by atoms with Crippen molar-refractivity contribution >= 4 is 5.91 Å². The Morgan fingerprint density at radius 2 is 2.19 bits per heavy atom. The van der Waals surface area contributed by atoms with E-state index < -0.39 is 0 Å². The van der Waals surface area contributed by atoms with Crippen LogP contribution in [0.25, 0.3) is 0 Å². The first-order valence-corrected chi connectivity index (χ1v) is 10.1. The van der Waals surface area contributed by atoms with Crippen LogP contribution >= 0.6 is 0 Å². The van der Waals surface area contributed by atoms with Crippen molar-refractivity contribution in [3.05, 3.63) is 41.1 Å². The Morgan fingerprint density at radius 3 is 2.85 bits per heavy atom. The third kappa shape index (κ3) is 4.26. The van der Waals surface area contributed by atoms with Crippen molar-refractivity contribution in [1.29, 1.82) is 0 Å². The Kier molecular flexibility index (Phi) is 6.37. The van der Waals surface area contributed by atoms with Crippen molar-refractivity contribution in [2.45, 2.75) is 65.1 Å². The highest BCUT2D eigenvalue weighted by Gasteiger charge is 2.31. The molecular weight excluding hydrogens is 340 g/mol. The van der Waals surface area contributed by atoms with Crippen molar-refractivity contribution in [1.82, 2.24) is 19.6 Å². The maximum Gasteiger partial charge on any atom is 0.274 e. The average molecular weight is 373 g/mol. The molecule has 0 bridgehead atoms. The van der Waals surface area contributed by atoms with Gasteiger partial charge in [-0.1, -0.05) is 13.3 Å². The van der Waals surface area contributed by atoms with Crippen LogP contribution in [0.3, 0.4) is 0 Å². The van der Waals surface area contributed by atoms with Crippen molar-refractivity contribution < 1.29 is 9.21 Å². The van der Waals surface area contributed by atoms with Crippen LogP contribution in [0, 0.1) is 0 Å². The summed E-state index contributed by atoms with van der Waals surface area (Å²) in [5.41, 5.74) is 3.01. The number of carbonyl (C=O) groups excluding carboxylic acids is 1. The maximum absolute atomic E-state index is 13.1. The zero-order valence-corrected chi connectivity index (χ0v) is 17.1. The number of likely N-dealkylation sites (N-methyl/N-ethyl adjacent to an activating group) is 1. The van der Waals surface area contributed by atoms with Crippen molar-refractivity contribution in [3.8, 4) is 0 Å². The lowest BCUT2D eigenvalue weighted by Gasteiger charge is -2.31. The largest absolute Gasteiger partial charge is 0.467 e. The summed E-state index contributed by atoms with van der Waals surface area (Å²) in [7, 11) is 4.02. The highest BCUT2D eigenvalue weighted by molar-refractivity contribution is 5.94. The predicted octanol–water partition coefficient (Wildman–Crippen LogP) is 3.36. The molecule has 3 rings (SSSR count). The number of nitrogens with zero attached hydrogens (tertiary/aromatic N) is 4. The molecule has 0 aromatic carbocycles. The number of furan rings is 1. The van der Waals surface area contributed by atoms with Gasteiger partial charge in [0.25, 0.3) is 5.91 Å². The fourth-order valence-corrected chi connectivity index (χ4v) is 3.96. The van der Waals surface area contributed by atoms with Gasteiger partial charge in [0, 0.05) is 30.9 Å². The molecule has 1 aliphatic carbocycles. The van der Waals surface area contributed by atoms with Gasteiger partial charge in [0.05, 0.1) is 12.8 Å². The quantitative estimate of drug-likeness (QED) is 0.713. The summed E-state index contributed by atoms with van der Waals surface area (Å²) in [4.78, 5) is 17.3. The molecule has 0 fully saturated rings. The Hall–Kier alpha value is -2.08. The lowest BCUT2D eigenvalue weighted by Crippen LogP contribution is -2.38. The van der Waals surface area contributed by atoms with E-state index in [2.05, 4.69) is 25.8 Å². The number of aryl methyl sites for hydroxylation is 1. The Bertz CT molecular complexity index is 751. The topological polar surface area (TPSA) is 54.5 Å². The molecule has 2 heterocycles. The van der Waals surface area contributed by atoms with Gasteiger partial charge in [-0.25, -0.2) is 0 Å². The highest BCUT2D eigenvalue weighted by Crippen LogP contribution is 2.28. The van der Waals surface area contributed by atoms with E-state index in [1.54, 1.807) is 11.2 Å². The first-order valence-electron chi connectivity index (χ1n) is 10.1. The second-order valence-electron chi connectivity index (χ2n) is 7.56. The SMILES string of the molecule is CCCCN(C)C1CCc2c(c(C(=O)N(C)Cc3ccco3)nn2CC)C1. The van der Waals surface area contributed by atoms with Gasteiger partial charge in [-0.15, -0.1) is 0 Å². The molecule has 2 aromatic rings. The number of fused-ring (bicyclic) bond motifs is 1. The van der Waals surface area contributed by atoms with Crippen LogP contribution in [-0.4, -0.2) is 52.2 Å². The smallest absolute Gasteiger partial charge is 0.274 e. The average Bonchev–Trinajstić information content (AvgIpc) is 3.32. The van der Waals surface area contributed by atoms with E-state index >= 15 is 0 Å². The van der Waals surface area contributed by atoms with E-state index in [0.29, 0.717) is 18.3 Å². The summed E-state index contributed by atoms with van der Waals surface area (Å²) in [6.45, 7) is 6.69. The van der Waals surface area contributed by atoms with Gasteiger partial charge in [0.2, 0.25) is 0 Å². The van der Waals surface area contributed by atoms with E-state index in [-0.39, 0.29) is 5.91 Å². The fraction of sp³-hybridized carbons (Fsp3) is 0.619. The molecular formula is C21H32N4O2. The monoisotopic (exact) mass is 372 g/mol. The minimum absolute atomic E-state index is 0.0216. The highest BCUT2D eigenvalue weighted by atomic mass is 16.3. The van der Waals surface area contributed by atoms with Crippen LogP contribution < -0.4 is 0 Å². The first-order chi connectivity index (χ1) is 13.0. The van der Waals surface area contributed by atoms with E-state index in [4.69, 9.17) is 9.52 Å². The van der Waals surface area contributed by atoms with Crippen LogP contribution in [0.1, 0.15) is 60.6 Å². The van der Waals surface area contributed by atoms with Gasteiger partial charge >= 0.3 is 0 Å². The van der Waals surface area contributed by atoms with Crippen molar-refractivity contribution in [3.63, 3.8) is 0 Å². The number of carbonyl (C=O) groups is 1. The molecule has 1 aliphatic rings. The molecule has 27 heavy (non-hydrogen) atoms. The molecule has 0 aliphatic heterocycles. The molecule has 0 radical (unpaired) electrons. The Morgan fingerprint density at radius 1 is 1.37 bits per heavy atom. The molecule has 6 heteroatoms. The predicted molar refractivity (Wildman–Crippen MR) is 106 cm³/mol. The number of amides is 1. The number of aromatic nitrogens is 2. The van der Waals surface area contributed by atoms with Crippen LogP contribution in [-0.2, 0) is 25.9 Å². The van der Waals surface area contributed by atoms with Crippen molar-refractivity contribution in [2.24, 2.45) is 0 Å². The zero-order chi connectivity index (χ0) is 19.4. The van der Waals surface area contributed by atoms with Gasteiger partial charge in [-0.2, -0.15) is 5.10 Å². The molecule has 0 saturated heterocycles. The van der Waals surface area contributed by atoms with E-state index in [0.717, 1.165) is 43.7 Å². The van der Waals surface area contributed by atoms with Gasteiger partial charge in [0.15, 0.2) is 5.69 Å². The summed E-state index contributed by atoms with van der Waals surface area (Å²) in [5, 5.41) is 4.69. The lowest BCUT2D eigenvalue weighted by atomic mass is 9.90. The normalized spacial score (nSPS) is 16.6. The third-order valence-corrected chi connectivity index (χ3v) is 5.63. The first kappa shape index (κ1) is 19.7. The van der Waals surface area contributed by atoms with Gasteiger partial charge in [0.1, 0.15) is 5.76 Å². The molecule has 2 aromatic heterocycles. The molecule has 0 spiro atoms. The summed E-state index contributed by atoms with van der Waals surface area (Å²) in [5.74, 6) is 0.763. The summed E-state index contributed by atoms with van der Waals surface area (Å²) in [6.07, 6.45) is 7.09. The third-order valence-electron chi connectivity index (χ3n) is 5.63. The number of hydrogen-bond donors (Lipinski definition) is 0. The zero-order valence-electron chi connectivity index (χ0n) is 17.1. The second kappa shape index (κ2) is 8.74. The minimum Gasteiger partial charge on any atom is -0.467 e. The number of rotatable bonds is 8. The molecule has 6 nitrogen and oxygen atoms in total. The van der Waals surface area contributed by atoms with E-state index in [1.165, 1.54) is 18.5 Å². The fourth-order valence-electron chi connectivity index (χ4n) is 3.96. The van der Waals surface area contributed by atoms with Crippen LogP contribution in [0.4, 0.5) is 0 Å². The van der Waals surface area contributed by atoms with Gasteiger partial charge < -0.3 is 14.2 Å². The lowest BCUT2D eigenvalue weighted by molar-refractivity contribution is 0.0767. The summed E-state index contributed by atoms with van der Waals surface area (Å²) >= 11 is 0. The van der Waals surface area contributed by atoms with Gasteiger partial charge in [-0.05, 0) is 58.3 Å². The number of hydrogen-bond acceptors (Lipinski definition) is 4. The second-order valence-corrected chi connectivity index (χ2v) is 7.56. The molecule has 0 saturated carbocycles. The van der Waals surface area contributed by atoms with E-state index in [9.17, 15) is 4.79 Å². The molecule has 1 atom stereocenters.